The molecule has 0 spiro atoms. The van der Waals surface area contributed by atoms with Crippen LogP contribution >= 0.6 is 11.3 Å². The summed E-state index contributed by atoms with van der Waals surface area (Å²) in [5.74, 6) is -0.350. The number of aryl methyl sites for hydroxylation is 1. The Morgan fingerprint density at radius 2 is 1.91 bits per heavy atom. The first-order valence-corrected chi connectivity index (χ1v) is 12.6. The van der Waals surface area contributed by atoms with E-state index in [0.29, 0.717) is 25.9 Å². The number of nitrogens with zero attached hydrogens (tertiary/aromatic N) is 3. The fraction of sp³-hybridized carbons (Fsp3) is 0.385. The van der Waals surface area contributed by atoms with E-state index in [1.165, 1.54) is 0 Å². The number of hydrogen-bond donors (Lipinski definition) is 1. The number of aromatic nitrogens is 1. The van der Waals surface area contributed by atoms with E-state index >= 15 is 0 Å². The van der Waals surface area contributed by atoms with Crippen molar-refractivity contribution in [3.8, 4) is 0 Å². The van der Waals surface area contributed by atoms with Crippen LogP contribution in [0.3, 0.4) is 0 Å². The van der Waals surface area contributed by atoms with Crippen molar-refractivity contribution < 1.29 is 14.4 Å². The molecule has 7 nitrogen and oxygen atoms in total. The standard InChI is InChI=1S/C26H28N4O3S/c1-26(14-13-18-8-3-2-4-9-18)24(32)30(25(33)28-26)17-22(31)29-15-7-10-19(16-29)23-27-20-11-5-6-12-21(20)34-23/h2-6,8-9,11-12,19H,7,10,13-17H2,1H3,(H,28,33)/t19-,26-/m1/s1. The molecule has 0 unspecified atom stereocenters. The number of nitrogens with one attached hydrogen (secondary N) is 1. The Morgan fingerprint density at radius 1 is 1.15 bits per heavy atom. The number of amides is 4. The van der Waals surface area contributed by atoms with Crippen molar-refractivity contribution in [3.63, 3.8) is 0 Å². The highest BCUT2D eigenvalue weighted by molar-refractivity contribution is 7.18. The van der Waals surface area contributed by atoms with Crippen molar-refractivity contribution in [2.75, 3.05) is 19.6 Å². The Bertz CT molecular complexity index is 1190. The molecule has 0 saturated carbocycles. The second-order valence-electron chi connectivity index (χ2n) is 9.34. The molecule has 4 amide bonds. The maximum Gasteiger partial charge on any atom is 0.325 e. The van der Waals surface area contributed by atoms with Crippen LogP contribution in [0.25, 0.3) is 10.2 Å². The Balaban J connectivity index is 1.22. The lowest BCUT2D eigenvalue weighted by Gasteiger charge is -2.32. The van der Waals surface area contributed by atoms with Crippen LogP contribution in [0, 0.1) is 0 Å². The second kappa shape index (κ2) is 9.18. The SMILES string of the molecule is C[C@]1(CCc2ccccc2)NC(=O)N(CC(=O)N2CCC[C@@H](c3nc4ccccc4s3)C2)C1=O. The molecule has 2 atom stereocenters. The number of benzene rings is 2. The zero-order chi connectivity index (χ0) is 23.7. The predicted octanol–water partition coefficient (Wildman–Crippen LogP) is 3.95. The topological polar surface area (TPSA) is 82.6 Å². The average Bonchev–Trinajstić information content (AvgIpc) is 3.38. The normalized spacial score (nSPS) is 22.9. The van der Waals surface area contributed by atoms with Crippen molar-refractivity contribution in [1.29, 1.82) is 0 Å². The molecule has 2 fully saturated rings. The maximum absolute atomic E-state index is 13.1. The Kier molecular flexibility index (Phi) is 6.08. The third-order valence-corrected chi connectivity index (χ3v) is 8.03. The lowest BCUT2D eigenvalue weighted by Crippen LogP contribution is -2.47. The Morgan fingerprint density at radius 3 is 2.71 bits per heavy atom. The van der Waals surface area contributed by atoms with Crippen LogP contribution in [0.4, 0.5) is 4.79 Å². The van der Waals surface area contributed by atoms with Crippen molar-refractivity contribution in [2.24, 2.45) is 0 Å². The summed E-state index contributed by atoms with van der Waals surface area (Å²) in [5.41, 5.74) is 1.09. The van der Waals surface area contributed by atoms with E-state index < -0.39 is 11.6 Å². The number of urea groups is 1. The smallest absolute Gasteiger partial charge is 0.325 e. The molecule has 2 aromatic carbocycles. The van der Waals surface area contributed by atoms with Crippen molar-refractivity contribution >= 4 is 39.4 Å². The first-order chi connectivity index (χ1) is 16.4. The lowest BCUT2D eigenvalue weighted by atomic mass is 9.93. The summed E-state index contributed by atoms with van der Waals surface area (Å²) in [6.07, 6.45) is 3.00. The third-order valence-electron chi connectivity index (χ3n) is 6.83. The largest absolute Gasteiger partial charge is 0.340 e. The number of carbonyl (C=O) groups excluding carboxylic acids is 3. The molecule has 8 heteroatoms. The van der Waals surface area contributed by atoms with Gasteiger partial charge in [0.15, 0.2) is 0 Å². The van der Waals surface area contributed by atoms with Gasteiger partial charge in [0.2, 0.25) is 5.91 Å². The highest BCUT2D eigenvalue weighted by atomic mass is 32.1. The molecular weight excluding hydrogens is 448 g/mol. The zero-order valence-electron chi connectivity index (χ0n) is 19.2. The van der Waals surface area contributed by atoms with Gasteiger partial charge in [-0.3, -0.25) is 14.5 Å². The van der Waals surface area contributed by atoms with Gasteiger partial charge in [0.1, 0.15) is 12.1 Å². The summed E-state index contributed by atoms with van der Waals surface area (Å²) >= 11 is 1.68. The first-order valence-electron chi connectivity index (χ1n) is 11.7. The first kappa shape index (κ1) is 22.5. The number of rotatable bonds is 6. The maximum atomic E-state index is 13.1. The molecule has 3 aromatic rings. The van der Waals surface area contributed by atoms with Crippen LogP contribution < -0.4 is 5.32 Å². The summed E-state index contributed by atoms with van der Waals surface area (Å²) in [7, 11) is 0. The summed E-state index contributed by atoms with van der Waals surface area (Å²) in [5, 5.41) is 3.86. The van der Waals surface area contributed by atoms with Gasteiger partial charge in [-0.25, -0.2) is 9.78 Å². The van der Waals surface area contributed by atoms with E-state index in [9.17, 15) is 14.4 Å². The monoisotopic (exact) mass is 476 g/mol. The molecule has 0 aliphatic carbocycles. The number of hydrogen-bond acceptors (Lipinski definition) is 5. The number of likely N-dealkylation sites (tertiary alicyclic amines) is 1. The van der Waals surface area contributed by atoms with Crippen molar-refractivity contribution in [3.05, 3.63) is 65.2 Å². The molecule has 2 aliphatic rings. The highest BCUT2D eigenvalue weighted by Gasteiger charge is 2.48. The minimum Gasteiger partial charge on any atom is -0.340 e. The van der Waals surface area contributed by atoms with Crippen LogP contribution in [0.15, 0.2) is 54.6 Å². The molecule has 1 N–H and O–H groups in total. The Hall–Kier alpha value is -3.26. The predicted molar refractivity (Wildman–Crippen MR) is 132 cm³/mol. The van der Waals surface area contributed by atoms with Crippen molar-refractivity contribution in [2.45, 2.75) is 44.1 Å². The summed E-state index contributed by atoms with van der Waals surface area (Å²) in [6.45, 7) is 2.71. The minimum atomic E-state index is -1.00. The number of imide groups is 1. The minimum absolute atomic E-state index is 0.175. The number of thiazole rings is 1. The Labute approximate surface area is 202 Å². The van der Waals surface area contributed by atoms with Gasteiger partial charge in [-0.1, -0.05) is 42.5 Å². The molecule has 2 aliphatic heterocycles. The fourth-order valence-electron chi connectivity index (χ4n) is 4.80. The van der Waals surface area contributed by atoms with E-state index in [2.05, 4.69) is 11.4 Å². The van der Waals surface area contributed by atoms with E-state index in [-0.39, 0.29) is 24.3 Å². The lowest BCUT2D eigenvalue weighted by molar-refractivity contribution is -0.139. The molecule has 3 heterocycles. The van der Waals surface area contributed by atoms with Gasteiger partial charge in [0, 0.05) is 19.0 Å². The van der Waals surface area contributed by atoms with Crippen LogP contribution in [0.5, 0.6) is 0 Å². The van der Waals surface area contributed by atoms with Gasteiger partial charge in [-0.05, 0) is 50.3 Å². The molecule has 0 bridgehead atoms. The van der Waals surface area contributed by atoms with Crippen molar-refractivity contribution in [1.82, 2.24) is 20.1 Å². The van der Waals surface area contributed by atoms with Gasteiger partial charge in [-0.2, -0.15) is 0 Å². The van der Waals surface area contributed by atoms with Crippen LogP contribution in [0.1, 0.15) is 42.7 Å². The van der Waals surface area contributed by atoms with Gasteiger partial charge in [0.25, 0.3) is 5.91 Å². The molecular formula is C26H28N4O3S. The van der Waals surface area contributed by atoms with E-state index in [1.807, 2.05) is 48.5 Å². The zero-order valence-corrected chi connectivity index (χ0v) is 20.0. The summed E-state index contributed by atoms with van der Waals surface area (Å²) in [6, 6.07) is 17.4. The van der Waals surface area contributed by atoms with E-state index in [1.54, 1.807) is 23.2 Å². The molecule has 176 valence electrons. The van der Waals surface area contributed by atoms with Gasteiger partial charge in [0.05, 0.1) is 15.2 Å². The van der Waals surface area contributed by atoms with Gasteiger partial charge >= 0.3 is 6.03 Å². The molecule has 5 rings (SSSR count). The number of para-hydroxylation sites is 1. The summed E-state index contributed by atoms with van der Waals surface area (Å²) < 4.78 is 1.15. The van der Waals surface area contributed by atoms with Crippen LogP contribution in [0.2, 0.25) is 0 Å². The number of piperidine rings is 1. The highest BCUT2D eigenvalue weighted by Crippen LogP contribution is 2.33. The van der Waals surface area contributed by atoms with Crippen LogP contribution in [-0.4, -0.2) is 57.8 Å². The molecule has 1 aromatic heterocycles. The van der Waals surface area contributed by atoms with E-state index in [0.717, 1.165) is 38.5 Å². The summed E-state index contributed by atoms with van der Waals surface area (Å²) in [4.78, 5) is 46.5. The van der Waals surface area contributed by atoms with E-state index in [4.69, 9.17) is 4.98 Å². The third kappa shape index (κ3) is 4.42. The second-order valence-corrected chi connectivity index (χ2v) is 10.4. The van der Waals surface area contributed by atoms with Gasteiger partial charge in [-0.15, -0.1) is 11.3 Å². The number of carbonyl (C=O) groups is 3. The molecule has 2 saturated heterocycles. The fourth-order valence-corrected chi connectivity index (χ4v) is 5.90. The quantitative estimate of drug-likeness (QED) is 0.546. The van der Waals surface area contributed by atoms with Gasteiger partial charge < -0.3 is 10.2 Å². The average molecular weight is 477 g/mol. The van der Waals surface area contributed by atoms with Crippen LogP contribution in [-0.2, 0) is 16.0 Å². The number of fused-ring (bicyclic) bond motifs is 1. The molecule has 34 heavy (non-hydrogen) atoms. The molecule has 0 radical (unpaired) electrons.